The standard InChI is InChI=1S/C13H19N7O2S/c1-13(2,3)10-18-19-11(23-10)16-12(21)20-4-5-22-6-8(20)9-14-7-15-17-9/h7-8H,4-6H2,1-3H3,(H,14,15,17)(H,16,19,21)/t8-/m0/s1. The number of rotatable bonds is 2. The van der Waals surface area contributed by atoms with Gasteiger partial charge in [0.25, 0.3) is 0 Å². The number of H-pyrrole nitrogens is 1. The Kier molecular flexibility index (Phi) is 4.26. The number of carbonyl (C=O) groups excluding carboxylic acids is 1. The van der Waals surface area contributed by atoms with Crippen LogP contribution in [0.3, 0.4) is 0 Å². The van der Waals surface area contributed by atoms with Crippen molar-refractivity contribution in [3.05, 3.63) is 17.2 Å². The van der Waals surface area contributed by atoms with Crippen molar-refractivity contribution in [3.63, 3.8) is 0 Å². The van der Waals surface area contributed by atoms with E-state index in [4.69, 9.17) is 4.74 Å². The third-order valence-corrected chi connectivity index (χ3v) is 4.68. The topological polar surface area (TPSA) is 109 Å². The average molecular weight is 337 g/mol. The van der Waals surface area contributed by atoms with Crippen LogP contribution in [0.1, 0.15) is 37.6 Å². The smallest absolute Gasteiger partial charge is 0.324 e. The quantitative estimate of drug-likeness (QED) is 0.861. The zero-order valence-electron chi connectivity index (χ0n) is 13.2. The molecule has 0 saturated carbocycles. The first-order chi connectivity index (χ1) is 10.9. The Bertz CT molecular complexity index is 664. The minimum atomic E-state index is -0.291. The highest BCUT2D eigenvalue weighted by molar-refractivity contribution is 7.15. The third kappa shape index (κ3) is 3.48. The van der Waals surface area contributed by atoms with Crippen LogP contribution >= 0.6 is 11.3 Å². The number of urea groups is 1. The van der Waals surface area contributed by atoms with Gasteiger partial charge in [-0.1, -0.05) is 32.1 Å². The molecule has 2 N–H and O–H groups in total. The predicted molar refractivity (Wildman–Crippen MR) is 84.3 cm³/mol. The number of hydrogen-bond donors (Lipinski definition) is 2. The van der Waals surface area contributed by atoms with E-state index in [1.54, 1.807) is 4.90 Å². The lowest BCUT2D eigenvalue weighted by Crippen LogP contribution is -2.45. The Labute approximate surface area is 137 Å². The van der Waals surface area contributed by atoms with E-state index < -0.39 is 0 Å². The summed E-state index contributed by atoms with van der Waals surface area (Å²) in [5, 5.41) is 19.0. The van der Waals surface area contributed by atoms with E-state index in [0.29, 0.717) is 30.7 Å². The van der Waals surface area contributed by atoms with Gasteiger partial charge in [0.2, 0.25) is 5.13 Å². The molecule has 0 radical (unpaired) electrons. The molecule has 0 aromatic carbocycles. The van der Waals surface area contributed by atoms with Gasteiger partial charge in [0.05, 0.1) is 13.2 Å². The van der Waals surface area contributed by atoms with Crippen molar-refractivity contribution in [2.75, 3.05) is 25.1 Å². The summed E-state index contributed by atoms with van der Waals surface area (Å²) in [5.41, 5.74) is -0.0953. The summed E-state index contributed by atoms with van der Waals surface area (Å²) in [4.78, 5) is 18.4. The molecule has 9 nitrogen and oxygen atoms in total. The lowest BCUT2D eigenvalue weighted by Gasteiger charge is -2.33. The first-order valence-corrected chi connectivity index (χ1v) is 8.11. The van der Waals surface area contributed by atoms with Crippen LogP contribution in [0, 0.1) is 0 Å². The van der Waals surface area contributed by atoms with E-state index in [2.05, 4.69) is 51.5 Å². The van der Waals surface area contributed by atoms with Crippen LogP contribution in [0.5, 0.6) is 0 Å². The number of amides is 2. The van der Waals surface area contributed by atoms with E-state index >= 15 is 0 Å². The number of ether oxygens (including phenoxy) is 1. The fourth-order valence-electron chi connectivity index (χ4n) is 2.19. The normalized spacial score (nSPS) is 18.9. The Morgan fingerprint density at radius 1 is 1.48 bits per heavy atom. The number of aromatic amines is 1. The monoisotopic (exact) mass is 337 g/mol. The van der Waals surface area contributed by atoms with Gasteiger partial charge in [0.15, 0.2) is 0 Å². The van der Waals surface area contributed by atoms with Crippen LogP contribution in [-0.4, -0.2) is 56.1 Å². The van der Waals surface area contributed by atoms with Crippen molar-refractivity contribution in [1.82, 2.24) is 30.3 Å². The van der Waals surface area contributed by atoms with Crippen molar-refractivity contribution >= 4 is 22.5 Å². The van der Waals surface area contributed by atoms with Crippen LogP contribution in [0.4, 0.5) is 9.93 Å². The molecule has 0 aliphatic carbocycles. The van der Waals surface area contributed by atoms with Gasteiger partial charge < -0.3 is 9.64 Å². The molecule has 1 fully saturated rings. The first kappa shape index (κ1) is 15.8. The summed E-state index contributed by atoms with van der Waals surface area (Å²) in [5.74, 6) is 0.604. The highest BCUT2D eigenvalue weighted by atomic mass is 32.1. The maximum absolute atomic E-state index is 12.6. The highest BCUT2D eigenvalue weighted by Gasteiger charge is 2.31. The molecular weight excluding hydrogens is 318 g/mol. The zero-order valence-corrected chi connectivity index (χ0v) is 14.1. The second kappa shape index (κ2) is 6.20. The lowest BCUT2D eigenvalue weighted by molar-refractivity contribution is 0.0118. The Hall–Kier alpha value is -2.07. The zero-order chi connectivity index (χ0) is 16.4. The summed E-state index contributed by atoms with van der Waals surface area (Å²) in [6.45, 7) is 7.51. The van der Waals surface area contributed by atoms with Crippen LogP contribution in [0.15, 0.2) is 6.33 Å². The molecule has 10 heteroatoms. The minimum Gasteiger partial charge on any atom is -0.377 e. The number of morpholine rings is 1. The van der Waals surface area contributed by atoms with Crippen LogP contribution in [-0.2, 0) is 10.2 Å². The molecule has 1 saturated heterocycles. The van der Waals surface area contributed by atoms with Crippen LogP contribution in [0.2, 0.25) is 0 Å². The molecule has 124 valence electrons. The maximum Gasteiger partial charge on any atom is 0.324 e. The lowest BCUT2D eigenvalue weighted by atomic mass is 9.98. The van der Waals surface area contributed by atoms with Crippen molar-refractivity contribution in [3.8, 4) is 0 Å². The molecule has 1 atom stereocenters. The van der Waals surface area contributed by atoms with Crippen molar-refractivity contribution < 1.29 is 9.53 Å². The minimum absolute atomic E-state index is 0.0953. The molecule has 0 spiro atoms. The number of carbonyl (C=O) groups is 1. The van der Waals surface area contributed by atoms with E-state index in [1.807, 2.05) is 0 Å². The highest BCUT2D eigenvalue weighted by Crippen LogP contribution is 2.28. The average Bonchev–Trinajstić information content (AvgIpc) is 3.18. The summed E-state index contributed by atoms with van der Waals surface area (Å²) in [6, 6.07) is -0.535. The molecule has 0 unspecified atom stereocenters. The Morgan fingerprint density at radius 3 is 2.96 bits per heavy atom. The predicted octanol–water partition coefficient (Wildman–Crippen LogP) is 1.56. The van der Waals surface area contributed by atoms with E-state index in [-0.39, 0.29) is 17.5 Å². The Morgan fingerprint density at radius 2 is 2.30 bits per heavy atom. The van der Waals surface area contributed by atoms with Gasteiger partial charge in [-0.05, 0) is 0 Å². The molecule has 1 aliphatic rings. The molecule has 2 amide bonds. The van der Waals surface area contributed by atoms with Gasteiger partial charge in [-0.2, -0.15) is 5.10 Å². The molecule has 2 aromatic rings. The first-order valence-electron chi connectivity index (χ1n) is 7.30. The van der Waals surface area contributed by atoms with Crippen molar-refractivity contribution in [2.24, 2.45) is 0 Å². The number of anilines is 1. The SMILES string of the molecule is CC(C)(C)c1nnc(NC(=O)N2CCOC[C@H]2c2ncn[nH]2)s1. The van der Waals surface area contributed by atoms with Gasteiger partial charge in [0, 0.05) is 12.0 Å². The summed E-state index contributed by atoms with van der Waals surface area (Å²) in [6.07, 6.45) is 1.42. The molecule has 0 bridgehead atoms. The largest absolute Gasteiger partial charge is 0.377 e. The number of hydrogen-bond acceptors (Lipinski definition) is 7. The van der Waals surface area contributed by atoms with Gasteiger partial charge in [-0.3, -0.25) is 10.4 Å². The van der Waals surface area contributed by atoms with Crippen LogP contribution < -0.4 is 5.32 Å². The number of nitrogens with zero attached hydrogens (tertiary/aromatic N) is 5. The van der Waals surface area contributed by atoms with Crippen LogP contribution in [0.25, 0.3) is 0 Å². The van der Waals surface area contributed by atoms with Crippen molar-refractivity contribution in [1.29, 1.82) is 0 Å². The number of nitrogens with one attached hydrogen (secondary N) is 2. The molecule has 2 aromatic heterocycles. The van der Waals surface area contributed by atoms with E-state index in [9.17, 15) is 4.79 Å². The molecular formula is C13H19N7O2S. The fourth-order valence-corrected chi connectivity index (χ4v) is 2.98. The van der Waals surface area contributed by atoms with Gasteiger partial charge >= 0.3 is 6.03 Å². The molecule has 3 heterocycles. The van der Waals surface area contributed by atoms with Gasteiger partial charge in [0.1, 0.15) is 23.2 Å². The van der Waals surface area contributed by atoms with E-state index in [1.165, 1.54) is 17.7 Å². The molecule has 23 heavy (non-hydrogen) atoms. The second-order valence-electron chi connectivity index (χ2n) is 6.25. The molecule has 3 rings (SSSR count). The summed E-state index contributed by atoms with van der Waals surface area (Å²) >= 11 is 1.38. The van der Waals surface area contributed by atoms with Gasteiger partial charge in [-0.15, -0.1) is 10.2 Å². The van der Waals surface area contributed by atoms with Gasteiger partial charge in [-0.25, -0.2) is 9.78 Å². The summed E-state index contributed by atoms with van der Waals surface area (Å²) < 4.78 is 5.45. The maximum atomic E-state index is 12.6. The van der Waals surface area contributed by atoms with Crippen molar-refractivity contribution in [2.45, 2.75) is 32.2 Å². The summed E-state index contributed by atoms with van der Waals surface area (Å²) in [7, 11) is 0. The molecule has 1 aliphatic heterocycles. The second-order valence-corrected chi connectivity index (χ2v) is 7.22. The fraction of sp³-hybridized carbons (Fsp3) is 0.615. The Balaban J connectivity index is 1.72. The third-order valence-electron chi connectivity index (χ3n) is 3.42. The van der Waals surface area contributed by atoms with E-state index in [0.717, 1.165) is 5.01 Å². The number of aromatic nitrogens is 5.